The molecule has 4 heteroatoms. The molecule has 1 saturated heterocycles. The minimum absolute atomic E-state index is 0.132. The Labute approximate surface area is 128 Å². The van der Waals surface area contributed by atoms with E-state index in [9.17, 15) is 4.39 Å². The molecule has 1 aromatic carbocycles. The lowest BCUT2D eigenvalue weighted by atomic mass is 10.1. The zero-order valence-electron chi connectivity index (χ0n) is 13.5. The van der Waals surface area contributed by atoms with Gasteiger partial charge >= 0.3 is 0 Å². The molecule has 0 bridgehead atoms. The molecule has 1 unspecified atom stereocenters. The molecule has 1 heterocycles. The third kappa shape index (κ3) is 4.42. The predicted octanol–water partition coefficient (Wildman–Crippen LogP) is 2.86. The summed E-state index contributed by atoms with van der Waals surface area (Å²) >= 11 is 0. The second-order valence-corrected chi connectivity index (χ2v) is 5.97. The summed E-state index contributed by atoms with van der Waals surface area (Å²) in [5.74, 6) is -0.132. The lowest BCUT2D eigenvalue weighted by Gasteiger charge is -2.32. The summed E-state index contributed by atoms with van der Waals surface area (Å²) in [5, 5.41) is 3.27. The smallest absolute Gasteiger partial charge is 0.125 e. The van der Waals surface area contributed by atoms with Crippen LogP contribution in [0.2, 0.25) is 0 Å². The van der Waals surface area contributed by atoms with E-state index in [4.69, 9.17) is 0 Å². The minimum atomic E-state index is -0.132. The molecule has 1 aliphatic heterocycles. The number of hydrogen-bond acceptors (Lipinski definition) is 3. The summed E-state index contributed by atoms with van der Waals surface area (Å²) in [7, 11) is 2.17. The van der Waals surface area contributed by atoms with Crippen molar-refractivity contribution in [3.8, 4) is 0 Å². The van der Waals surface area contributed by atoms with E-state index in [1.54, 1.807) is 12.1 Å². The fourth-order valence-electron chi connectivity index (χ4n) is 3.10. The van der Waals surface area contributed by atoms with Gasteiger partial charge in [-0.1, -0.05) is 13.8 Å². The Bertz CT molecular complexity index is 450. The molecule has 118 valence electrons. The average molecular weight is 293 g/mol. The Kier molecular flexibility index (Phi) is 6.00. The molecule has 0 saturated carbocycles. The number of hydrogen-bond donors (Lipinski definition) is 1. The van der Waals surface area contributed by atoms with E-state index in [1.165, 1.54) is 0 Å². The van der Waals surface area contributed by atoms with E-state index in [0.29, 0.717) is 6.04 Å². The summed E-state index contributed by atoms with van der Waals surface area (Å²) in [5.41, 5.74) is 2.06. The summed E-state index contributed by atoms with van der Waals surface area (Å²) in [6, 6.07) is 5.92. The molecule has 1 N–H and O–H groups in total. The Morgan fingerprint density at radius 1 is 1.24 bits per heavy atom. The van der Waals surface area contributed by atoms with Crippen LogP contribution < -0.4 is 10.2 Å². The number of likely N-dealkylation sites (N-methyl/N-ethyl adjacent to an activating group) is 1. The summed E-state index contributed by atoms with van der Waals surface area (Å²) in [4.78, 5) is 4.77. The standard InChI is InChI=1S/C17H28FN3/c1-4-16-13-20(3)7-6-8-21(16)17-10-14(12-19-5-2)9-15(18)11-17/h9-11,16,19H,4-8,12-13H2,1-3H3. The van der Waals surface area contributed by atoms with Gasteiger partial charge < -0.3 is 15.1 Å². The van der Waals surface area contributed by atoms with Gasteiger partial charge in [-0.05, 0) is 56.7 Å². The third-order valence-electron chi connectivity index (χ3n) is 4.23. The molecule has 0 aliphatic carbocycles. The highest BCUT2D eigenvalue weighted by Gasteiger charge is 2.22. The van der Waals surface area contributed by atoms with Crippen LogP contribution in [-0.4, -0.2) is 44.2 Å². The monoisotopic (exact) mass is 293 g/mol. The quantitative estimate of drug-likeness (QED) is 0.900. The first-order valence-electron chi connectivity index (χ1n) is 8.09. The normalized spacial score (nSPS) is 20.6. The van der Waals surface area contributed by atoms with E-state index in [1.807, 2.05) is 0 Å². The molecule has 1 aliphatic rings. The van der Waals surface area contributed by atoms with Gasteiger partial charge in [-0.3, -0.25) is 0 Å². The Morgan fingerprint density at radius 3 is 2.76 bits per heavy atom. The molecule has 0 amide bonds. The van der Waals surface area contributed by atoms with Gasteiger partial charge in [0.2, 0.25) is 0 Å². The van der Waals surface area contributed by atoms with E-state index in [-0.39, 0.29) is 5.82 Å². The van der Waals surface area contributed by atoms with Crippen LogP contribution in [0.3, 0.4) is 0 Å². The zero-order valence-corrected chi connectivity index (χ0v) is 13.5. The maximum absolute atomic E-state index is 14.0. The molecular weight excluding hydrogens is 265 g/mol. The van der Waals surface area contributed by atoms with E-state index in [2.05, 4.69) is 42.1 Å². The third-order valence-corrected chi connectivity index (χ3v) is 4.23. The number of anilines is 1. The highest BCUT2D eigenvalue weighted by atomic mass is 19.1. The number of benzene rings is 1. The molecule has 3 nitrogen and oxygen atoms in total. The van der Waals surface area contributed by atoms with Crippen LogP contribution in [0.25, 0.3) is 0 Å². The van der Waals surface area contributed by atoms with Gasteiger partial charge in [0.15, 0.2) is 0 Å². The maximum atomic E-state index is 14.0. The number of nitrogens with one attached hydrogen (secondary N) is 1. The zero-order chi connectivity index (χ0) is 15.2. The van der Waals surface area contributed by atoms with E-state index in [0.717, 1.165) is 56.8 Å². The van der Waals surface area contributed by atoms with Crippen LogP contribution in [0.1, 0.15) is 32.3 Å². The van der Waals surface area contributed by atoms with Gasteiger partial charge in [-0.25, -0.2) is 4.39 Å². The number of halogens is 1. The molecule has 1 fully saturated rings. The van der Waals surface area contributed by atoms with Crippen LogP contribution in [0.4, 0.5) is 10.1 Å². The molecule has 21 heavy (non-hydrogen) atoms. The van der Waals surface area contributed by atoms with Crippen LogP contribution in [-0.2, 0) is 6.54 Å². The minimum Gasteiger partial charge on any atom is -0.367 e. The van der Waals surface area contributed by atoms with Crippen molar-refractivity contribution in [3.63, 3.8) is 0 Å². The molecule has 1 aromatic rings. The number of rotatable bonds is 5. The molecule has 1 atom stereocenters. The van der Waals surface area contributed by atoms with Gasteiger partial charge in [0.05, 0.1) is 0 Å². The maximum Gasteiger partial charge on any atom is 0.125 e. The van der Waals surface area contributed by atoms with E-state index < -0.39 is 0 Å². The first kappa shape index (κ1) is 16.2. The predicted molar refractivity (Wildman–Crippen MR) is 87.3 cm³/mol. The van der Waals surface area contributed by atoms with Crippen molar-refractivity contribution in [1.29, 1.82) is 0 Å². The van der Waals surface area contributed by atoms with Gasteiger partial charge in [0.25, 0.3) is 0 Å². The Balaban J connectivity index is 2.23. The average Bonchev–Trinajstić information content (AvgIpc) is 2.65. The second kappa shape index (κ2) is 7.76. The van der Waals surface area contributed by atoms with Gasteiger partial charge in [0, 0.05) is 31.4 Å². The van der Waals surface area contributed by atoms with Crippen molar-refractivity contribution < 1.29 is 4.39 Å². The summed E-state index contributed by atoms with van der Waals surface area (Å²) < 4.78 is 14.0. The lowest BCUT2D eigenvalue weighted by Crippen LogP contribution is -2.40. The first-order chi connectivity index (χ1) is 10.1. The summed E-state index contributed by atoms with van der Waals surface area (Å²) in [6.07, 6.45) is 2.22. The molecule has 2 rings (SSSR count). The van der Waals surface area contributed by atoms with Crippen LogP contribution in [0.5, 0.6) is 0 Å². The van der Waals surface area contributed by atoms with Gasteiger partial charge in [0.1, 0.15) is 5.82 Å². The summed E-state index contributed by atoms with van der Waals surface area (Å²) in [6.45, 7) is 9.09. The van der Waals surface area contributed by atoms with Crippen LogP contribution >= 0.6 is 0 Å². The Morgan fingerprint density at radius 2 is 2.05 bits per heavy atom. The highest BCUT2D eigenvalue weighted by Crippen LogP contribution is 2.24. The van der Waals surface area contributed by atoms with Crippen molar-refractivity contribution >= 4 is 5.69 Å². The topological polar surface area (TPSA) is 18.5 Å². The van der Waals surface area contributed by atoms with Crippen LogP contribution in [0.15, 0.2) is 18.2 Å². The van der Waals surface area contributed by atoms with Crippen molar-refractivity contribution in [2.24, 2.45) is 0 Å². The largest absolute Gasteiger partial charge is 0.367 e. The fourth-order valence-corrected chi connectivity index (χ4v) is 3.10. The first-order valence-corrected chi connectivity index (χ1v) is 8.09. The van der Waals surface area contributed by atoms with Crippen molar-refractivity contribution in [3.05, 3.63) is 29.6 Å². The SMILES string of the molecule is CCNCc1cc(F)cc(N2CCCN(C)CC2CC)c1. The Hall–Kier alpha value is -1.13. The van der Waals surface area contributed by atoms with Crippen molar-refractivity contribution in [2.45, 2.75) is 39.3 Å². The van der Waals surface area contributed by atoms with Crippen molar-refractivity contribution in [1.82, 2.24) is 10.2 Å². The molecule has 0 aromatic heterocycles. The van der Waals surface area contributed by atoms with Crippen molar-refractivity contribution in [2.75, 3.05) is 38.1 Å². The van der Waals surface area contributed by atoms with Gasteiger partial charge in [-0.15, -0.1) is 0 Å². The van der Waals surface area contributed by atoms with E-state index >= 15 is 0 Å². The molecular formula is C17H28FN3. The van der Waals surface area contributed by atoms with Crippen LogP contribution in [0, 0.1) is 5.82 Å². The molecule has 0 spiro atoms. The lowest BCUT2D eigenvalue weighted by molar-refractivity contribution is 0.328. The second-order valence-electron chi connectivity index (χ2n) is 5.97. The molecule has 0 radical (unpaired) electrons. The highest BCUT2D eigenvalue weighted by molar-refractivity contribution is 5.50. The fraction of sp³-hybridized carbons (Fsp3) is 0.647. The number of nitrogens with zero attached hydrogens (tertiary/aromatic N) is 2. The van der Waals surface area contributed by atoms with Gasteiger partial charge in [-0.2, -0.15) is 0 Å².